The summed E-state index contributed by atoms with van der Waals surface area (Å²) in [6.45, 7) is 5.60. The number of amides is 1. The fourth-order valence-corrected chi connectivity index (χ4v) is 3.02. The standard InChI is InChI=1S/C13H21N3OS/c1-10-9-18-11(16-10)5-8-14-12(17)13(2)6-3-4-7-15-13/h9,15H,3-8H2,1-2H3,(H,14,17). The molecule has 1 saturated heterocycles. The Morgan fingerprint density at radius 1 is 1.61 bits per heavy atom. The van der Waals surface area contributed by atoms with Crippen LogP contribution in [0.5, 0.6) is 0 Å². The van der Waals surface area contributed by atoms with Gasteiger partial charge in [-0.05, 0) is 39.7 Å². The van der Waals surface area contributed by atoms with E-state index in [0.717, 1.165) is 36.5 Å². The fraction of sp³-hybridized carbons (Fsp3) is 0.692. The van der Waals surface area contributed by atoms with E-state index in [9.17, 15) is 4.79 Å². The molecule has 1 aromatic heterocycles. The summed E-state index contributed by atoms with van der Waals surface area (Å²) in [4.78, 5) is 16.5. The highest BCUT2D eigenvalue weighted by Gasteiger charge is 2.33. The summed E-state index contributed by atoms with van der Waals surface area (Å²) >= 11 is 1.66. The van der Waals surface area contributed by atoms with Crippen molar-refractivity contribution in [2.45, 2.75) is 45.1 Å². The van der Waals surface area contributed by atoms with Crippen molar-refractivity contribution in [3.05, 3.63) is 16.1 Å². The maximum Gasteiger partial charge on any atom is 0.240 e. The van der Waals surface area contributed by atoms with Crippen molar-refractivity contribution in [1.29, 1.82) is 0 Å². The molecule has 0 saturated carbocycles. The number of nitrogens with zero attached hydrogens (tertiary/aromatic N) is 1. The van der Waals surface area contributed by atoms with Gasteiger partial charge in [-0.2, -0.15) is 0 Å². The molecule has 2 N–H and O–H groups in total. The van der Waals surface area contributed by atoms with Gasteiger partial charge < -0.3 is 10.6 Å². The van der Waals surface area contributed by atoms with Gasteiger partial charge in [0.1, 0.15) is 0 Å². The average Bonchev–Trinajstić information content (AvgIpc) is 2.76. The van der Waals surface area contributed by atoms with E-state index in [4.69, 9.17) is 0 Å². The van der Waals surface area contributed by atoms with Gasteiger partial charge in [-0.15, -0.1) is 11.3 Å². The summed E-state index contributed by atoms with van der Waals surface area (Å²) in [5.41, 5.74) is 0.680. The first kappa shape index (κ1) is 13.5. The van der Waals surface area contributed by atoms with Gasteiger partial charge in [-0.25, -0.2) is 4.98 Å². The molecular formula is C13H21N3OS. The number of rotatable bonds is 4. The minimum atomic E-state index is -0.378. The topological polar surface area (TPSA) is 54.0 Å². The van der Waals surface area contributed by atoms with E-state index >= 15 is 0 Å². The first-order valence-corrected chi connectivity index (χ1v) is 7.42. The predicted molar refractivity (Wildman–Crippen MR) is 73.8 cm³/mol. The molecule has 5 heteroatoms. The molecule has 0 aromatic carbocycles. The lowest BCUT2D eigenvalue weighted by Crippen LogP contribution is -2.57. The van der Waals surface area contributed by atoms with Crippen LogP contribution in [0.15, 0.2) is 5.38 Å². The third-order valence-corrected chi connectivity index (χ3v) is 4.44. The van der Waals surface area contributed by atoms with Crippen LogP contribution in [0.25, 0.3) is 0 Å². The lowest BCUT2D eigenvalue weighted by atomic mass is 9.90. The minimum absolute atomic E-state index is 0.121. The molecule has 100 valence electrons. The number of nitrogens with one attached hydrogen (secondary N) is 2. The Morgan fingerprint density at radius 3 is 3.06 bits per heavy atom. The highest BCUT2D eigenvalue weighted by atomic mass is 32.1. The molecule has 1 aliphatic heterocycles. The summed E-state index contributed by atoms with van der Waals surface area (Å²) < 4.78 is 0. The second-order valence-corrected chi connectivity index (χ2v) is 6.05. The number of thiazole rings is 1. The number of carbonyl (C=O) groups excluding carboxylic acids is 1. The van der Waals surface area contributed by atoms with Gasteiger partial charge in [0, 0.05) is 24.0 Å². The normalized spacial score (nSPS) is 23.9. The van der Waals surface area contributed by atoms with Crippen molar-refractivity contribution in [2.75, 3.05) is 13.1 Å². The number of aryl methyl sites for hydroxylation is 1. The first-order valence-electron chi connectivity index (χ1n) is 6.54. The third-order valence-electron chi connectivity index (χ3n) is 3.41. The second-order valence-electron chi connectivity index (χ2n) is 5.10. The van der Waals surface area contributed by atoms with Crippen molar-refractivity contribution in [2.24, 2.45) is 0 Å². The maximum atomic E-state index is 12.1. The van der Waals surface area contributed by atoms with Crippen molar-refractivity contribution in [3.63, 3.8) is 0 Å². The van der Waals surface area contributed by atoms with Gasteiger partial charge in [-0.3, -0.25) is 4.79 Å². The number of aromatic nitrogens is 1. The van der Waals surface area contributed by atoms with E-state index < -0.39 is 0 Å². The summed E-state index contributed by atoms with van der Waals surface area (Å²) in [6, 6.07) is 0. The highest BCUT2D eigenvalue weighted by Crippen LogP contribution is 2.18. The van der Waals surface area contributed by atoms with Crippen LogP contribution in [0, 0.1) is 6.92 Å². The molecule has 2 heterocycles. The van der Waals surface area contributed by atoms with Crippen LogP contribution in [-0.4, -0.2) is 29.5 Å². The molecule has 1 fully saturated rings. The number of hydrogen-bond donors (Lipinski definition) is 2. The summed E-state index contributed by atoms with van der Waals surface area (Å²) in [6.07, 6.45) is 4.04. The van der Waals surface area contributed by atoms with Gasteiger partial charge in [-0.1, -0.05) is 0 Å². The van der Waals surface area contributed by atoms with Crippen LogP contribution < -0.4 is 10.6 Å². The Morgan fingerprint density at radius 2 is 2.44 bits per heavy atom. The van der Waals surface area contributed by atoms with Gasteiger partial charge in [0.05, 0.1) is 10.5 Å². The lowest BCUT2D eigenvalue weighted by Gasteiger charge is -2.33. The van der Waals surface area contributed by atoms with Gasteiger partial charge >= 0.3 is 0 Å². The maximum absolute atomic E-state index is 12.1. The van der Waals surface area contributed by atoms with Crippen molar-refractivity contribution >= 4 is 17.2 Å². The van der Waals surface area contributed by atoms with E-state index in [-0.39, 0.29) is 11.4 Å². The smallest absolute Gasteiger partial charge is 0.240 e. The third kappa shape index (κ3) is 3.29. The second kappa shape index (κ2) is 5.80. The molecule has 4 nitrogen and oxygen atoms in total. The van der Waals surface area contributed by atoms with E-state index in [2.05, 4.69) is 15.6 Å². The van der Waals surface area contributed by atoms with Crippen molar-refractivity contribution in [3.8, 4) is 0 Å². The number of hydrogen-bond acceptors (Lipinski definition) is 4. The zero-order valence-electron chi connectivity index (χ0n) is 11.1. The minimum Gasteiger partial charge on any atom is -0.354 e. The Labute approximate surface area is 112 Å². The average molecular weight is 267 g/mol. The first-order chi connectivity index (χ1) is 8.60. The van der Waals surface area contributed by atoms with Crippen LogP contribution in [0.2, 0.25) is 0 Å². The molecule has 1 aliphatic rings. The molecule has 2 rings (SSSR count). The Balaban J connectivity index is 1.77. The number of carbonyl (C=O) groups is 1. The molecule has 0 radical (unpaired) electrons. The molecule has 1 atom stereocenters. The molecule has 0 bridgehead atoms. The largest absolute Gasteiger partial charge is 0.354 e. The quantitative estimate of drug-likeness (QED) is 0.872. The lowest BCUT2D eigenvalue weighted by molar-refractivity contribution is -0.127. The van der Waals surface area contributed by atoms with E-state index in [1.165, 1.54) is 6.42 Å². The summed E-state index contributed by atoms with van der Waals surface area (Å²) in [5, 5.41) is 9.47. The zero-order valence-corrected chi connectivity index (χ0v) is 11.9. The highest BCUT2D eigenvalue weighted by molar-refractivity contribution is 7.09. The SMILES string of the molecule is Cc1csc(CCNC(=O)C2(C)CCCCN2)n1. The van der Waals surface area contributed by atoms with Crippen LogP contribution in [0.4, 0.5) is 0 Å². The van der Waals surface area contributed by atoms with E-state index in [1.54, 1.807) is 11.3 Å². The molecule has 0 aliphatic carbocycles. The molecule has 1 unspecified atom stereocenters. The monoisotopic (exact) mass is 267 g/mol. The molecule has 0 spiro atoms. The predicted octanol–water partition coefficient (Wildman–Crippen LogP) is 1.64. The zero-order chi connectivity index (χ0) is 13.0. The molecule has 18 heavy (non-hydrogen) atoms. The van der Waals surface area contributed by atoms with E-state index in [1.807, 2.05) is 19.2 Å². The number of piperidine rings is 1. The van der Waals surface area contributed by atoms with Gasteiger partial charge in [0.15, 0.2) is 0 Å². The Kier molecular flexibility index (Phi) is 4.35. The van der Waals surface area contributed by atoms with Crippen LogP contribution in [0.3, 0.4) is 0 Å². The Hall–Kier alpha value is -0.940. The summed E-state index contributed by atoms with van der Waals surface area (Å²) in [5.74, 6) is 0.121. The van der Waals surface area contributed by atoms with Crippen LogP contribution in [-0.2, 0) is 11.2 Å². The van der Waals surface area contributed by atoms with Crippen LogP contribution >= 0.6 is 11.3 Å². The van der Waals surface area contributed by atoms with Gasteiger partial charge in [0.2, 0.25) is 5.91 Å². The molecule has 1 aromatic rings. The summed E-state index contributed by atoms with van der Waals surface area (Å²) in [7, 11) is 0. The van der Waals surface area contributed by atoms with Crippen molar-refractivity contribution in [1.82, 2.24) is 15.6 Å². The van der Waals surface area contributed by atoms with Gasteiger partial charge in [0.25, 0.3) is 0 Å². The van der Waals surface area contributed by atoms with Crippen molar-refractivity contribution < 1.29 is 4.79 Å². The molecule has 1 amide bonds. The fourth-order valence-electron chi connectivity index (χ4n) is 2.25. The van der Waals surface area contributed by atoms with Crippen LogP contribution in [0.1, 0.15) is 36.9 Å². The van der Waals surface area contributed by atoms with E-state index in [0.29, 0.717) is 6.54 Å². The molecular weight excluding hydrogens is 246 g/mol. The Bertz CT molecular complexity index is 410.